The van der Waals surface area contributed by atoms with Gasteiger partial charge in [-0.15, -0.1) is 0 Å². The molecule has 1 aromatic heterocycles. The van der Waals surface area contributed by atoms with Gasteiger partial charge >= 0.3 is 11.9 Å². The van der Waals surface area contributed by atoms with Crippen molar-refractivity contribution >= 4 is 40.9 Å². The summed E-state index contributed by atoms with van der Waals surface area (Å²) in [5.74, 6) is -2.44. The van der Waals surface area contributed by atoms with Crippen molar-refractivity contribution in [3.63, 3.8) is 0 Å². The van der Waals surface area contributed by atoms with Crippen LogP contribution >= 0.6 is 11.9 Å². The van der Waals surface area contributed by atoms with Crippen LogP contribution in [0.2, 0.25) is 0 Å². The number of aryl methyl sites for hydroxylation is 1. The molecule has 0 aliphatic carbocycles. The summed E-state index contributed by atoms with van der Waals surface area (Å²) in [6, 6.07) is 3.17. The molecule has 14 heteroatoms. The normalized spacial score (nSPS) is 14.1. The second-order valence-electron chi connectivity index (χ2n) is 9.21. The Morgan fingerprint density at radius 2 is 1.86 bits per heavy atom. The van der Waals surface area contributed by atoms with Crippen molar-refractivity contribution in [2.24, 2.45) is 4.99 Å². The molecule has 0 spiro atoms. The van der Waals surface area contributed by atoms with Crippen molar-refractivity contribution in [3.8, 4) is 11.1 Å². The molecule has 42 heavy (non-hydrogen) atoms. The van der Waals surface area contributed by atoms with Crippen molar-refractivity contribution in [1.82, 2.24) is 18.8 Å². The number of hydrogen-bond donors (Lipinski definition) is 0. The number of piperazine rings is 1. The van der Waals surface area contributed by atoms with E-state index in [4.69, 9.17) is 0 Å². The van der Waals surface area contributed by atoms with E-state index in [9.17, 15) is 27.2 Å². The molecule has 0 bridgehead atoms. The summed E-state index contributed by atoms with van der Waals surface area (Å²) in [5, 5.41) is 0.00935. The zero-order valence-corrected chi connectivity index (χ0v) is 23.6. The molecule has 0 unspecified atom stereocenters. The minimum absolute atomic E-state index is 0.00583. The number of alkyl halides is 3. The van der Waals surface area contributed by atoms with E-state index < -0.39 is 40.2 Å². The first-order valence-electron chi connectivity index (χ1n) is 12.8. The number of hydrogen-bond acceptors (Lipinski definition) is 6. The largest absolute Gasteiger partial charge is 0.417 e. The number of benzene rings is 2. The van der Waals surface area contributed by atoms with Crippen molar-refractivity contribution in [3.05, 3.63) is 77.4 Å². The van der Waals surface area contributed by atoms with Crippen LogP contribution in [0.5, 0.6) is 0 Å². The van der Waals surface area contributed by atoms with Gasteiger partial charge in [0.2, 0.25) is 5.91 Å². The summed E-state index contributed by atoms with van der Waals surface area (Å²) in [5.41, 5.74) is -2.88. The molecule has 1 aliphatic heterocycles. The molecule has 8 nitrogen and oxygen atoms in total. The molecule has 1 fully saturated rings. The van der Waals surface area contributed by atoms with Crippen LogP contribution in [0.4, 0.5) is 27.8 Å². The first-order chi connectivity index (χ1) is 19.9. The summed E-state index contributed by atoms with van der Waals surface area (Å²) in [4.78, 5) is 36.6. The van der Waals surface area contributed by atoms with Gasteiger partial charge in [-0.1, -0.05) is 13.2 Å². The highest BCUT2D eigenvalue weighted by Crippen LogP contribution is 2.48. The van der Waals surface area contributed by atoms with Gasteiger partial charge < -0.3 is 14.1 Å². The Morgan fingerprint density at radius 1 is 1.17 bits per heavy atom. The van der Waals surface area contributed by atoms with Crippen molar-refractivity contribution < 1.29 is 26.7 Å². The van der Waals surface area contributed by atoms with Crippen molar-refractivity contribution in [2.45, 2.75) is 24.5 Å². The summed E-state index contributed by atoms with van der Waals surface area (Å²) in [7, 11) is 1.51. The third-order valence-corrected chi connectivity index (χ3v) is 7.62. The average Bonchev–Trinajstić information content (AvgIpc) is 2.95. The molecule has 4 rings (SSSR count). The highest BCUT2D eigenvalue weighted by molar-refractivity contribution is 7.97. The van der Waals surface area contributed by atoms with E-state index in [1.807, 2.05) is 0 Å². The van der Waals surface area contributed by atoms with Crippen LogP contribution in [-0.4, -0.2) is 64.2 Å². The molecule has 0 N–H and O–H groups in total. The van der Waals surface area contributed by atoms with E-state index in [0.717, 1.165) is 30.1 Å². The maximum absolute atomic E-state index is 15.2. The van der Waals surface area contributed by atoms with Gasteiger partial charge in [0, 0.05) is 68.6 Å². The highest BCUT2D eigenvalue weighted by atomic mass is 32.2. The number of amides is 1. The van der Waals surface area contributed by atoms with Gasteiger partial charge in [-0.2, -0.15) is 18.2 Å². The SMILES string of the molecule is C=CN=CN(C)Sc1c(-c2ccc(F)cc2F)c(C(F)(F)F)cc2c(N3CCN(C(=O)C=C)CC3)nc(=O)n(CC)c12. The topological polar surface area (TPSA) is 74.0 Å². The van der Waals surface area contributed by atoms with E-state index in [2.05, 4.69) is 23.1 Å². The molecular formula is C28H27F5N6O2S. The fourth-order valence-corrected chi connectivity index (χ4v) is 5.78. The molecule has 3 aromatic rings. The molecule has 0 saturated carbocycles. The number of carbonyl (C=O) groups is 1. The number of aromatic nitrogens is 2. The highest BCUT2D eigenvalue weighted by Gasteiger charge is 2.38. The number of halogens is 5. The summed E-state index contributed by atoms with van der Waals surface area (Å²) >= 11 is 0.784. The van der Waals surface area contributed by atoms with Crippen LogP contribution in [0.3, 0.4) is 0 Å². The first-order valence-corrected chi connectivity index (χ1v) is 13.5. The van der Waals surface area contributed by atoms with E-state index >= 15 is 4.39 Å². The van der Waals surface area contributed by atoms with Gasteiger partial charge in [0.15, 0.2) is 0 Å². The van der Waals surface area contributed by atoms with E-state index in [1.54, 1.807) is 11.8 Å². The minimum Gasteiger partial charge on any atom is -0.352 e. The van der Waals surface area contributed by atoms with Crippen molar-refractivity contribution in [2.75, 3.05) is 38.1 Å². The van der Waals surface area contributed by atoms with Gasteiger partial charge in [-0.25, -0.2) is 18.6 Å². The number of aliphatic imine (C=N–C) groups is 1. The maximum atomic E-state index is 15.2. The Morgan fingerprint density at radius 3 is 2.43 bits per heavy atom. The molecule has 0 atom stereocenters. The fraction of sp³-hybridized carbons (Fsp3) is 0.286. The number of fused-ring (bicyclic) bond motifs is 1. The molecule has 2 heterocycles. The van der Waals surface area contributed by atoms with Crippen LogP contribution in [-0.2, 0) is 17.5 Å². The molecule has 222 valence electrons. The predicted octanol–water partition coefficient (Wildman–Crippen LogP) is 5.33. The third-order valence-electron chi connectivity index (χ3n) is 6.66. The van der Waals surface area contributed by atoms with Gasteiger partial charge in [-0.05, 0) is 43.1 Å². The van der Waals surface area contributed by atoms with Gasteiger partial charge in [-0.3, -0.25) is 9.36 Å². The standard InChI is InChI=1S/C28H27F5N6O2S/c1-5-22(40)37-10-12-38(13-11-37)26-19-15-20(28(31,32)33)23(18-9-8-17(29)14-21(18)30)25(42-36(4)16-34-6-2)24(19)39(7-3)27(41)35-26/h5-6,8-9,14-16H,1-2,7,10-13H2,3-4H3. The lowest BCUT2D eigenvalue weighted by Gasteiger charge is -2.35. The van der Waals surface area contributed by atoms with E-state index in [1.165, 1.54) is 39.4 Å². The second kappa shape index (κ2) is 12.3. The maximum Gasteiger partial charge on any atom is 0.417 e. The lowest BCUT2D eigenvalue weighted by Crippen LogP contribution is -2.49. The Hall–Kier alpha value is -4.20. The van der Waals surface area contributed by atoms with Crippen LogP contribution in [0.15, 0.2) is 64.4 Å². The Kier molecular flexibility index (Phi) is 9.04. The minimum atomic E-state index is -4.98. The zero-order chi connectivity index (χ0) is 30.8. The predicted molar refractivity (Wildman–Crippen MR) is 153 cm³/mol. The van der Waals surface area contributed by atoms with E-state index in [-0.39, 0.29) is 60.2 Å². The zero-order valence-electron chi connectivity index (χ0n) is 22.8. The smallest absolute Gasteiger partial charge is 0.352 e. The first kappa shape index (κ1) is 30.8. The fourth-order valence-electron chi connectivity index (χ4n) is 4.78. The third kappa shape index (κ3) is 6.03. The lowest BCUT2D eigenvalue weighted by atomic mass is 9.95. The number of rotatable bonds is 8. The van der Waals surface area contributed by atoms with Crippen LogP contribution in [0.25, 0.3) is 22.0 Å². The average molecular weight is 607 g/mol. The molecule has 1 amide bonds. The number of carbonyl (C=O) groups excluding carboxylic acids is 1. The van der Waals surface area contributed by atoms with Crippen LogP contribution < -0.4 is 10.6 Å². The number of anilines is 1. The summed E-state index contributed by atoms with van der Waals surface area (Å²) in [6.45, 7) is 9.50. The Balaban J connectivity index is 2.11. The van der Waals surface area contributed by atoms with Crippen molar-refractivity contribution in [1.29, 1.82) is 0 Å². The van der Waals surface area contributed by atoms with Crippen LogP contribution in [0, 0.1) is 11.6 Å². The quantitative estimate of drug-likeness (QED) is 0.114. The Labute approximate surface area is 242 Å². The molecule has 0 radical (unpaired) electrons. The monoisotopic (exact) mass is 606 g/mol. The molecule has 1 aliphatic rings. The van der Waals surface area contributed by atoms with Gasteiger partial charge in [0.1, 0.15) is 23.8 Å². The summed E-state index contributed by atoms with van der Waals surface area (Å²) in [6.07, 6.45) is -1.29. The van der Waals surface area contributed by atoms with Gasteiger partial charge in [0.05, 0.1) is 16.0 Å². The van der Waals surface area contributed by atoms with Crippen LogP contribution in [0.1, 0.15) is 12.5 Å². The molecular weight excluding hydrogens is 579 g/mol. The second-order valence-corrected chi connectivity index (χ2v) is 10.4. The molecule has 1 saturated heterocycles. The van der Waals surface area contributed by atoms with Gasteiger partial charge in [0.25, 0.3) is 0 Å². The number of nitrogens with zero attached hydrogens (tertiary/aromatic N) is 6. The Bertz CT molecular complexity index is 1630. The van der Waals surface area contributed by atoms with E-state index in [0.29, 0.717) is 6.07 Å². The lowest BCUT2D eigenvalue weighted by molar-refractivity contribution is -0.137. The summed E-state index contributed by atoms with van der Waals surface area (Å²) < 4.78 is 76.0. The molecule has 2 aromatic carbocycles.